The SMILES string of the molecule is O=c1c(N=Nc2cccc(S(=O)(=O)O)c2)c(-c2ccccc2)[nH]n1-c1cccc2ccccc12. The fraction of sp³-hybridized carbons (Fsp3) is 0. The monoisotopic (exact) mass is 470 g/mol. The number of fused-ring (bicyclic) bond motifs is 1. The van der Waals surface area contributed by atoms with Gasteiger partial charge < -0.3 is 0 Å². The van der Waals surface area contributed by atoms with E-state index in [0.29, 0.717) is 11.4 Å². The molecule has 8 nitrogen and oxygen atoms in total. The van der Waals surface area contributed by atoms with Crippen LogP contribution in [0, 0.1) is 0 Å². The number of hydrogen-bond acceptors (Lipinski definition) is 5. The zero-order valence-corrected chi connectivity index (χ0v) is 18.5. The highest BCUT2D eigenvalue weighted by Crippen LogP contribution is 2.30. The van der Waals surface area contributed by atoms with E-state index in [9.17, 15) is 17.8 Å². The molecule has 0 spiro atoms. The second kappa shape index (κ2) is 8.54. The van der Waals surface area contributed by atoms with Crippen LogP contribution in [-0.2, 0) is 10.1 Å². The second-order valence-electron chi connectivity index (χ2n) is 7.51. The Kier molecular flexibility index (Phi) is 5.40. The van der Waals surface area contributed by atoms with Crippen LogP contribution in [0.15, 0.2) is 117 Å². The summed E-state index contributed by atoms with van der Waals surface area (Å²) in [7, 11) is -4.39. The molecule has 5 rings (SSSR count). The van der Waals surface area contributed by atoms with Crippen molar-refractivity contribution in [3.05, 3.63) is 107 Å². The van der Waals surface area contributed by atoms with Gasteiger partial charge in [0.25, 0.3) is 15.7 Å². The molecule has 0 fully saturated rings. The number of rotatable bonds is 5. The molecule has 0 aliphatic carbocycles. The predicted molar refractivity (Wildman–Crippen MR) is 130 cm³/mol. The highest BCUT2D eigenvalue weighted by atomic mass is 32.2. The van der Waals surface area contributed by atoms with E-state index in [4.69, 9.17) is 0 Å². The Labute approximate surface area is 194 Å². The van der Waals surface area contributed by atoms with Crippen molar-refractivity contribution in [2.24, 2.45) is 10.2 Å². The molecule has 0 aliphatic heterocycles. The number of nitrogens with zero attached hydrogens (tertiary/aromatic N) is 3. The van der Waals surface area contributed by atoms with E-state index in [1.807, 2.05) is 72.8 Å². The number of azo groups is 1. The van der Waals surface area contributed by atoms with Crippen molar-refractivity contribution < 1.29 is 13.0 Å². The molecule has 34 heavy (non-hydrogen) atoms. The van der Waals surface area contributed by atoms with E-state index < -0.39 is 15.7 Å². The van der Waals surface area contributed by atoms with Crippen molar-refractivity contribution in [1.82, 2.24) is 9.78 Å². The summed E-state index contributed by atoms with van der Waals surface area (Å²) in [5.41, 5.74) is 1.69. The Hall–Kier alpha value is -4.34. The Bertz CT molecular complexity index is 1700. The normalized spacial score (nSPS) is 11.9. The molecule has 0 amide bonds. The number of aromatic nitrogens is 2. The van der Waals surface area contributed by atoms with Crippen molar-refractivity contribution in [1.29, 1.82) is 0 Å². The lowest BCUT2D eigenvalue weighted by atomic mass is 10.1. The van der Waals surface area contributed by atoms with Gasteiger partial charge in [-0.05, 0) is 29.7 Å². The van der Waals surface area contributed by atoms with Crippen LogP contribution in [-0.4, -0.2) is 22.8 Å². The summed E-state index contributed by atoms with van der Waals surface area (Å²) in [6, 6.07) is 28.0. The first-order chi connectivity index (χ1) is 16.4. The van der Waals surface area contributed by atoms with E-state index in [1.165, 1.54) is 28.9 Å². The molecule has 5 aromatic rings. The standard InChI is InChI=1S/C25H18N4O4S/c30-25-24(27-26-19-12-7-13-20(16-19)34(31,32)33)23(18-9-2-1-3-10-18)28-29(25)22-15-6-11-17-8-4-5-14-21(17)22/h1-16,28H,(H,31,32,33). The lowest BCUT2D eigenvalue weighted by Crippen LogP contribution is -2.14. The number of aromatic amines is 1. The van der Waals surface area contributed by atoms with Crippen LogP contribution in [0.5, 0.6) is 0 Å². The average Bonchev–Trinajstić information content (AvgIpc) is 3.18. The van der Waals surface area contributed by atoms with E-state index in [1.54, 1.807) is 0 Å². The van der Waals surface area contributed by atoms with Crippen molar-refractivity contribution >= 4 is 32.3 Å². The molecule has 2 N–H and O–H groups in total. The van der Waals surface area contributed by atoms with E-state index in [0.717, 1.165) is 16.3 Å². The van der Waals surface area contributed by atoms with Crippen LogP contribution in [0.25, 0.3) is 27.7 Å². The molecule has 0 aliphatic rings. The average molecular weight is 471 g/mol. The highest BCUT2D eigenvalue weighted by molar-refractivity contribution is 7.85. The van der Waals surface area contributed by atoms with Crippen molar-refractivity contribution in [3.8, 4) is 16.9 Å². The maximum atomic E-state index is 13.5. The maximum absolute atomic E-state index is 13.5. The largest absolute Gasteiger partial charge is 0.299 e. The molecular weight excluding hydrogens is 452 g/mol. The van der Waals surface area contributed by atoms with Crippen LogP contribution >= 0.6 is 0 Å². The summed E-state index contributed by atoms with van der Waals surface area (Å²) in [5.74, 6) is 0. The van der Waals surface area contributed by atoms with Crippen molar-refractivity contribution in [2.45, 2.75) is 4.90 Å². The summed E-state index contributed by atoms with van der Waals surface area (Å²) in [5, 5.41) is 13.3. The predicted octanol–water partition coefficient (Wildman–Crippen LogP) is 5.65. The molecule has 0 atom stereocenters. The maximum Gasteiger partial charge on any atom is 0.299 e. The first kappa shape index (κ1) is 21.5. The number of benzene rings is 4. The van der Waals surface area contributed by atoms with E-state index in [2.05, 4.69) is 15.3 Å². The van der Waals surface area contributed by atoms with Crippen LogP contribution in [0.4, 0.5) is 11.4 Å². The second-order valence-corrected chi connectivity index (χ2v) is 8.93. The molecule has 0 saturated heterocycles. The first-order valence-electron chi connectivity index (χ1n) is 10.3. The number of hydrogen-bond donors (Lipinski definition) is 2. The van der Waals surface area contributed by atoms with Gasteiger partial charge >= 0.3 is 0 Å². The summed E-state index contributed by atoms with van der Waals surface area (Å²) in [4.78, 5) is 13.2. The summed E-state index contributed by atoms with van der Waals surface area (Å²) >= 11 is 0. The summed E-state index contributed by atoms with van der Waals surface area (Å²) < 4.78 is 33.6. The molecule has 0 saturated carbocycles. The van der Waals surface area contributed by atoms with Gasteiger partial charge in [-0.2, -0.15) is 13.5 Å². The quantitative estimate of drug-likeness (QED) is 0.255. The third kappa shape index (κ3) is 4.05. The van der Waals surface area contributed by atoms with Gasteiger partial charge in [-0.15, -0.1) is 5.11 Å². The van der Waals surface area contributed by atoms with Crippen molar-refractivity contribution in [2.75, 3.05) is 0 Å². The summed E-state index contributed by atoms with van der Waals surface area (Å²) in [6.07, 6.45) is 0. The zero-order valence-electron chi connectivity index (χ0n) is 17.7. The topological polar surface area (TPSA) is 117 Å². The van der Waals surface area contributed by atoms with Gasteiger partial charge in [0.05, 0.1) is 22.0 Å². The van der Waals surface area contributed by atoms with Gasteiger partial charge in [-0.3, -0.25) is 14.4 Å². The van der Waals surface area contributed by atoms with Crippen LogP contribution in [0.1, 0.15) is 0 Å². The van der Waals surface area contributed by atoms with Crippen molar-refractivity contribution in [3.63, 3.8) is 0 Å². The van der Waals surface area contributed by atoms with Gasteiger partial charge in [-0.1, -0.05) is 72.8 Å². The third-order valence-electron chi connectivity index (χ3n) is 5.32. The van der Waals surface area contributed by atoms with Gasteiger partial charge in [0, 0.05) is 10.9 Å². The smallest absolute Gasteiger partial charge is 0.288 e. The molecule has 0 radical (unpaired) electrons. The van der Waals surface area contributed by atoms with E-state index >= 15 is 0 Å². The Morgan fingerprint density at radius 1 is 0.794 bits per heavy atom. The number of H-pyrrole nitrogens is 1. The van der Waals surface area contributed by atoms with E-state index in [-0.39, 0.29) is 16.3 Å². The van der Waals surface area contributed by atoms with Crippen LogP contribution in [0.2, 0.25) is 0 Å². The molecule has 168 valence electrons. The summed E-state index contributed by atoms with van der Waals surface area (Å²) in [6.45, 7) is 0. The zero-order chi connectivity index (χ0) is 23.7. The minimum atomic E-state index is -4.39. The first-order valence-corrected chi connectivity index (χ1v) is 11.7. The van der Waals surface area contributed by atoms with Gasteiger partial charge in [0.2, 0.25) is 0 Å². The molecule has 9 heteroatoms. The van der Waals surface area contributed by atoms with Crippen LogP contribution < -0.4 is 5.56 Å². The molecule has 0 unspecified atom stereocenters. The molecular formula is C25H18N4O4S. The Morgan fingerprint density at radius 2 is 1.50 bits per heavy atom. The molecule has 0 bridgehead atoms. The third-order valence-corrected chi connectivity index (χ3v) is 6.17. The van der Waals surface area contributed by atoms with Gasteiger partial charge in [0.15, 0.2) is 5.69 Å². The molecule has 4 aromatic carbocycles. The fourth-order valence-corrected chi connectivity index (χ4v) is 4.23. The lowest BCUT2D eigenvalue weighted by Gasteiger charge is -2.06. The van der Waals surface area contributed by atoms with Gasteiger partial charge in [0.1, 0.15) is 0 Å². The van der Waals surface area contributed by atoms with Gasteiger partial charge in [-0.25, -0.2) is 4.68 Å². The van der Waals surface area contributed by atoms with Crippen LogP contribution in [0.3, 0.4) is 0 Å². The Morgan fingerprint density at radius 3 is 2.29 bits per heavy atom. The molecule has 1 aromatic heterocycles. The minimum absolute atomic E-state index is 0.0661. The Balaban J connectivity index is 1.69. The highest BCUT2D eigenvalue weighted by Gasteiger charge is 2.18. The molecule has 1 heterocycles. The fourth-order valence-electron chi connectivity index (χ4n) is 3.71. The minimum Gasteiger partial charge on any atom is -0.288 e. The lowest BCUT2D eigenvalue weighted by molar-refractivity contribution is 0.483. The number of nitrogens with one attached hydrogen (secondary N) is 1.